The zero-order valence-corrected chi connectivity index (χ0v) is 12.9. The molecule has 0 saturated carbocycles. The molecule has 0 radical (unpaired) electrons. The van der Waals surface area contributed by atoms with E-state index in [4.69, 9.17) is 16.3 Å². The van der Waals surface area contributed by atoms with Gasteiger partial charge in [-0.1, -0.05) is 23.7 Å². The number of carbonyl (C=O) groups excluding carboxylic acids is 1. The lowest BCUT2D eigenvalue weighted by molar-refractivity contribution is 0.100. The summed E-state index contributed by atoms with van der Waals surface area (Å²) in [6, 6.07) is 8.02. The minimum Gasteiger partial charge on any atom is -0.371 e. The number of amides is 2. The predicted molar refractivity (Wildman–Crippen MR) is 84.9 cm³/mol. The molecule has 5 nitrogen and oxygen atoms in total. The first kappa shape index (κ1) is 15.7. The van der Waals surface area contributed by atoms with Gasteiger partial charge in [0.05, 0.1) is 17.9 Å². The molecule has 1 aliphatic rings. The van der Waals surface area contributed by atoms with E-state index < -0.39 is 11.8 Å². The molecule has 0 spiro atoms. The van der Waals surface area contributed by atoms with Gasteiger partial charge in [-0.2, -0.15) is 0 Å². The maximum absolute atomic E-state index is 13.5. The second-order valence-corrected chi connectivity index (χ2v) is 5.63. The smallest absolute Gasteiger partial charge is 0.319 e. The lowest BCUT2D eigenvalue weighted by Gasteiger charge is -2.20. The molecule has 0 aliphatic carbocycles. The highest BCUT2D eigenvalue weighted by Crippen LogP contribution is 2.30. The van der Waals surface area contributed by atoms with E-state index in [0.717, 1.165) is 11.8 Å². The Hall–Kier alpha value is -2.18. The van der Waals surface area contributed by atoms with Crippen molar-refractivity contribution in [1.82, 2.24) is 10.3 Å². The number of ether oxygens (including phenoxy) is 1. The highest BCUT2D eigenvalue weighted by molar-refractivity contribution is 6.30. The zero-order chi connectivity index (χ0) is 16.2. The number of benzene rings is 1. The van der Waals surface area contributed by atoms with E-state index in [2.05, 4.69) is 15.6 Å². The Morgan fingerprint density at radius 3 is 2.83 bits per heavy atom. The van der Waals surface area contributed by atoms with Crippen LogP contribution in [0, 0.1) is 5.82 Å². The molecule has 0 bridgehead atoms. The number of carbonyl (C=O) groups is 1. The average molecular weight is 336 g/mol. The average Bonchev–Trinajstić information content (AvgIpc) is 2.98. The number of hydrogen-bond donors (Lipinski definition) is 2. The maximum Gasteiger partial charge on any atom is 0.319 e. The number of rotatable bonds is 3. The van der Waals surface area contributed by atoms with Crippen LogP contribution < -0.4 is 10.6 Å². The van der Waals surface area contributed by atoms with Gasteiger partial charge in [0.2, 0.25) is 0 Å². The molecule has 3 rings (SSSR count). The molecule has 2 aromatic rings. The van der Waals surface area contributed by atoms with Gasteiger partial charge in [0.1, 0.15) is 6.10 Å². The summed E-state index contributed by atoms with van der Waals surface area (Å²) in [5, 5.41) is 5.94. The molecule has 7 heteroatoms. The van der Waals surface area contributed by atoms with E-state index in [1.54, 1.807) is 12.1 Å². The Morgan fingerprint density at radius 2 is 2.09 bits per heavy atom. The van der Waals surface area contributed by atoms with Crippen LogP contribution in [0.15, 0.2) is 42.7 Å². The van der Waals surface area contributed by atoms with E-state index in [-0.39, 0.29) is 17.8 Å². The summed E-state index contributed by atoms with van der Waals surface area (Å²) in [5.41, 5.74) is 1.02. The van der Waals surface area contributed by atoms with Gasteiger partial charge in [0.25, 0.3) is 0 Å². The van der Waals surface area contributed by atoms with Crippen LogP contribution in [0.5, 0.6) is 0 Å². The van der Waals surface area contributed by atoms with Gasteiger partial charge >= 0.3 is 6.03 Å². The van der Waals surface area contributed by atoms with Gasteiger partial charge in [-0.3, -0.25) is 4.98 Å². The summed E-state index contributed by atoms with van der Waals surface area (Å²) in [5.74, 6) is -0.584. The topological polar surface area (TPSA) is 63.2 Å². The molecule has 1 saturated heterocycles. The molecule has 1 aliphatic heterocycles. The molecule has 1 aromatic heterocycles. The van der Waals surface area contributed by atoms with E-state index in [0.29, 0.717) is 18.1 Å². The number of urea groups is 1. The van der Waals surface area contributed by atoms with Gasteiger partial charge in [-0.15, -0.1) is 0 Å². The van der Waals surface area contributed by atoms with Crippen LogP contribution in [0.3, 0.4) is 0 Å². The highest BCUT2D eigenvalue weighted by Gasteiger charge is 2.31. The first-order valence-corrected chi connectivity index (χ1v) is 7.55. The Balaban J connectivity index is 1.65. The third kappa shape index (κ3) is 3.78. The van der Waals surface area contributed by atoms with Crippen LogP contribution >= 0.6 is 11.6 Å². The fourth-order valence-corrected chi connectivity index (χ4v) is 2.65. The quantitative estimate of drug-likeness (QED) is 0.902. The molecule has 1 aromatic carbocycles. The molecule has 2 heterocycles. The number of anilines is 1. The summed E-state index contributed by atoms with van der Waals surface area (Å²) >= 11 is 5.88. The minimum absolute atomic E-state index is 0.0828. The molecule has 1 fully saturated rings. The first-order chi connectivity index (χ1) is 11.1. The van der Waals surface area contributed by atoms with E-state index in [1.807, 2.05) is 12.1 Å². The maximum atomic E-state index is 13.5. The summed E-state index contributed by atoms with van der Waals surface area (Å²) in [4.78, 5) is 15.7. The van der Waals surface area contributed by atoms with Gasteiger partial charge in [0.15, 0.2) is 5.82 Å². The van der Waals surface area contributed by atoms with Crippen molar-refractivity contribution in [3.63, 3.8) is 0 Å². The molecular formula is C16H15ClFN3O2. The molecule has 0 unspecified atom stereocenters. The van der Waals surface area contributed by atoms with E-state index in [1.165, 1.54) is 12.3 Å². The largest absolute Gasteiger partial charge is 0.371 e. The molecule has 120 valence electrons. The summed E-state index contributed by atoms with van der Waals surface area (Å²) < 4.78 is 19.2. The summed E-state index contributed by atoms with van der Waals surface area (Å²) in [7, 11) is 0. The molecule has 2 amide bonds. The standard InChI is InChI=1S/C16H15ClFN3O2/c17-11-3-1-10(2-4-11)15-14(6-8-23-15)21-16(22)20-13-5-7-19-9-12(13)18/h1-5,7,9,14-15H,6,8H2,(H2,19,20,21,22)/t14-,15+/m0/s1. The molecule has 23 heavy (non-hydrogen) atoms. The van der Waals surface area contributed by atoms with Crippen molar-refractivity contribution < 1.29 is 13.9 Å². The number of hydrogen-bond acceptors (Lipinski definition) is 3. The number of nitrogens with zero attached hydrogens (tertiary/aromatic N) is 1. The molecule has 2 N–H and O–H groups in total. The minimum atomic E-state index is -0.584. The van der Waals surface area contributed by atoms with Gasteiger partial charge in [0, 0.05) is 17.8 Å². The third-order valence-corrected chi connectivity index (χ3v) is 3.88. The predicted octanol–water partition coefficient (Wildman–Crippen LogP) is 3.53. The van der Waals surface area contributed by atoms with Crippen LogP contribution in [0.25, 0.3) is 0 Å². The van der Waals surface area contributed by atoms with Gasteiger partial charge < -0.3 is 15.4 Å². The van der Waals surface area contributed by atoms with Crippen molar-refractivity contribution in [2.45, 2.75) is 18.6 Å². The lowest BCUT2D eigenvalue weighted by Crippen LogP contribution is -2.39. The fraction of sp³-hybridized carbons (Fsp3) is 0.250. The van der Waals surface area contributed by atoms with Gasteiger partial charge in [-0.05, 0) is 30.2 Å². The van der Waals surface area contributed by atoms with Crippen molar-refractivity contribution in [1.29, 1.82) is 0 Å². The number of pyridine rings is 1. The summed E-state index contributed by atoms with van der Waals surface area (Å²) in [6.45, 7) is 0.544. The Morgan fingerprint density at radius 1 is 1.30 bits per heavy atom. The second-order valence-electron chi connectivity index (χ2n) is 5.19. The van der Waals surface area contributed by atoms with Crippen LogP contribution in [-0.4, -0.2) is 23.7 Å². The van der Waals surface area contributed by atoms with Crippen LogP contribution in [0.4, 0.5) is 14.9 Å². The SMILES string of the molecule is O=C(Nc1ccncc1F)N[C@H]1CCO[C@@H]1c1ccc(Cl)cc1. The Kier molecular flexibility index (Phi) is 4.73. The second kappa shape index (κ2) is 6.93. The number of halogens is 2. The zero-order valence-electron chi connectivity index (χ0n) is 12.1. The number of aromatic nitrogens is 1. The highest BCUT2D eigenvalue weighted by atomic mass is 35.5. The Labute approximate surface area is 137 Å². The van der Waals surface area contributed by atoms with Crippen molar-refractivity contribution in [2.24, 2.45) is 0 Å². The van der Waals surface area contributed by atoms with Crippen LogP contribution in [0.1, 0.15) is 18.1 Å². The van der Waals surface area contributed by atoms with Crippen molar-refractivity contribution in [3.05, 3.63) is 59.1 Å². The Bertz CT molecular complexity index is 696. The monoisotopic (exact) mass is 335 g/mol. The van der Waals surface area contributed by atoms with Crippen LogP contribution in [-0.2, 0) is 4.74 Å². The lowest BCUT2D eigenvalue weighted by atomic mass is 10.0. The van der Waals surface area contributed by atoms with Crippen molar-refractivity contribution >= 4 is 23.3 Å². The van der Waals surface area contributed by atoms with Crippen molar-refractivity contribution in [3.8, 4) is 0 Å². The summed E-state index contributed by atoms with van der Waals surface area (Å²) in [6.07, 6.45) is 2.89. The van der Waals surface area contributed by atoms with Crippen LogP contribution in [0.2, 0.25) is 5.02 Å². The van der Waals surface area contributed by atoms with Gasteiger partial charge in [-0.25, -0.2) is 9.18 Å². The van der Waals surface area contributed by atoms with E-state index >= 15 is 0 Å². The van der Waals surface area contributed by atoms with E-state index in [9.17, 15) is 9.18 Å². The number of nitrogens with one attached hydrogen (secondary N) is 2. The fourth-order valence-electron chi connectivity index (χ4n) is 2.52. The first-order valence-electron chi connectivity index (χ1n) is 7.17. The molecule has 2 atom stereocenters. The van der Waals surface area contributed by atoms with Crippen molar-refractivity contribution in [2.75, 3.05) is 11.9 Å². The third-order valence-electron chi connectivity index (χ3n) is 3.63. The molecular weight excluding hydrogens is 321 g/mol. The normalized spacial score (nSPS) is 20.3.